The van der Waals surface area contributed by atoms with Crippen molar-refractivity contribution in [2.24, 2.45) is 0 Å². The summed E-state index contributed by atoms with van der Waals surface area (Å²) in [5.41, 5.74) is 5.59. The summed E-state index contributed by atoms with van der Waals surface area (Å²) in [6.07, 6.45) is 0. The molecule has 0 aliphatic rings. The molecule has 0 aromatic heterocycles. The Kier molecular flexibility index (Phi) is 4.41. The highest BCUT2D eigenvalue weighted by Gasteiger charge is 2.11. The van der Waals surface area contributed by atoms with Crippen LogP contribution in [0.25, 0.3) is 10.6 Å². The third-order valence-electron chi connectivity index (χ3n) is 3.65. The summed E-state index contributed by atoms with van der Waals surface area (Å²) in [5, 5.41) is 0.774. The van der Waals surface area contributed by atoms with E-state index in [1.54, 1.807) is 0 Å². The van der Waals surface area contributed by atoms with Crippen molar-refractivity contribution in [2.75, 3.05) is 0 Å². The van der Waals surface area contributed by atoms with Crippen molar-refractivity contribution < 1.29 is 0 Å². The Bertz CT molecular complexity index is 769. The largest absolute Gasteiger partial charge is 0.0830 e. The van der Waals surface area contributed by atoms with Crippen LogP contribution in [0, 0.1) is 6.92 Å². The molecule has 0 heterocycles. The lowest BCUT2D eigenvalue weighted by atomic mass is 9.95. The van der Waals surface area contributed by atoms with E-state index in [9.17, 15) is 0 Å². The Morgan fingerprint density at radius 3 is 1.59 bits per heavy atom. The summed E-state index contributed by atoms with van der Waals surface area (Å²) in [6.45, 7) is 2.09. The van der Waals surface area contributed by atoms with E-state index in [1.807, 2.05) is 48.5 Å². The molecule has 0 bridgehead atoms. The van der Waals surface area contributed by atoms with Gasteiger partial charge in [-0.25, -0.2) is 0 Å². The summed E-state index contributed by atoms with van der Waals surface area (Å²) < 4.78 is 0. The lowest BCUT2D eigenvalue weighted by Crippen LogP contribution is -1.91. The first-order valence-electron chi connectivity index (χ1n) is 7.33. The predicted octanol–water partition coefficient (Wildman–Crippen LogP) is 6.15. The van der Waals surface area contributed by atoms with Crippen molar-refractivity contribution in [2.45, 2.75) is 6.92 Å². The summed E-state index contributed by atoms with van der Waals surface area (Å²) in [4.78, 5) is 0. The van der Waals surface area contributed by atoms with Crippen molar-refractivity contribution >= 4 is 22.2 Å². The van der Waals surface area contributed by atoms with Crippen LogP contribution in [0.15, 0.2) is 84.9 Å². The molecule has 0 nitrogen and oxygen atoms in total. The summed E-state index contributed by atoms with van der Waals surface area (Å²) >= 11 is 6.76. The van der Waals surface area contributed by atoms with Gasteiger partial charge in [-0.3, -0.25) is 0 Å². The van der Waals surface area contributed by atoms with Gasteiger partial charge < -0.3 is 0 Å². The lowest BCUT2D eigenvalue weighted by molar-refractivity contribution is 1.45. The van der Waals surface area contributed by atoms with Crippen molar-refractivity contribution in [1.29, 1.82) is 0 Å². The van der Waals surface area contributed by atoms with Crippen molar-refractivity contribution in [3.05, 3.63) is 107 Å². The fraction of sp³-hybridized carbons (Fsp3) is 0.0476. The molecule has 0 saturated heterocycles. The maximum absolute atomic E-state index is 6.76. The Hall–Kier alpha value is -2.31. The predicted molar refractivity (Wildman–Crippen MR) is 95.8 cm³/mol. The number of aryl methyl sites for hydroxylation is 1. The fourth-order valence-electron chi connectivity index (χ4n) is 2.47. The minimum absolute atomic E-state index is 0.774. The van der Waals surface area contributed by atoms with Crippen LogP contribution in [0.4, 0.5) is 0 Å². The van der Waals surface area contributed by atoms with E-state index >= 15 is 0 Å². The molecule has 3 aromatic rings. The van der Waals surface area contributed by atoms with E-state index in [4.69, 9.17) is 11.6 Å². The highest BCUT2D eigenvalue weighted by Crippen LogP contribution is 2.34. The smallest absolute Gasteiger partial charge is 0.0562 e. The molecule has 0 saturated carbocycles. The third-order valence-corrected chi connectivity index (χ3v) is 4.06. The fourth-order valence-corrected chi connectivity index (χ4v) is 2.82. The summed E-state index contributed by atoms with van der Waals surface area (Å²) in [6, 6.07) is 28.9. The summed E-state index contributed by atoms with van der Waals surface area (Å²) in [7, 11) is 0. The van der Waals surface area contributed by atoms with E-state index in [1.165, 1.54) is 5.56 Å². The van der Waals surface area contributed by atoms with Gasteiger partial charge in [-0.2, -0.15) is 0 Å². The zero-order chi connectivity index (χ0) is 15.4. The first-order chi connectivity index (χ1) is 10.8. The van der Waals surface area contributed by atoms with Gasteiger partial charge in [0.15, 0.2) is 0 Å². The standard InChI is InChI=1S/C21H17Cl/c1-16-12-14-18(15-13-16)20(17-8-4-2-5-9-17)21(22)19-10-6-3-7-11-19/h2-15H,1H3. The minimum atomic E-state index is 0.774. The quantitative estimate of drug-likeness (QED) is 0.509. The van der Waals surface area contributed by atoms with Crippen LogP contribution in [0.2, 0.25) is 0 Å². The van der Waals surface area contributed by atoms with Gasteiger partial charge in [0.2, 0.25) is 0 Å². The number of halogens is 1. The maximum atomic E-state index is 6.76. The van der Waals surface area contributed by atoms with Crippen LogP contribution in [0.3, 0.4) is 0 Å². The van der Waals surface area contributed by atoms with Crippen LogP contribution in [-0.2, 0) is 0 Å². The van der Waals surface area contributed by atoms with E-state index in [0.29, 0.717) is 0 Å². The maximum Gasteiger partial charge on any atom is 0.0562 e. The summed E-state index contributed by atoms with van der Waals surface area (Å²) in [5.74, 6) is 0. The Morgan fingerprint density at radius 2 is 1.05 bits per heavy atom. The van der Waals surface area contributed by atoms with E-state index in [0.717, 1.165) is 27.3 Å². The molecule has 0 radical (unpaired) electrons. The van der Waals surface area contributed by atoms with Crippen molar-refractivity contribution in [1.82, 2.24) is 0 Å². The normalized spacial score (nSPS) is 11.9. The second-order valence-corrected chi connectivity index (χ2v) is 5.67. The Labute approximate surface area is 136 Å². The average Bonchev–Trinajstić information content (AvgIpc) is 2.58. The van der Waals surface area contributed by atoms with Gasteiger partial charge in [-0.15, -0.1) is 0 Å². The molecule has 0 fully saturated rings. The van der Waals surface area contributed by atoms with Crippen molar-refractivity contribution in [3.8, 4) is 0 Å². The Morgan fingerprint density at radius 1 is 0.591 bits per heavy atom. The highest BCUT2D eigenvalue weighted by molar-refractivity contribution is 6.53. The monoisotopic (exact) mass is 304 g/mol. The number of hydrogen-bond acceptors (Lipinski definition) is 0. The molecule has 0 atom stereocenters. The van der Waals surface area contributed by atoms with Crippen molar-refractivity contribution in [3.63, 3.8) is 0 Å². The number of hydrogen-bond donors (Lipinski definition) is 0. The third kappa shape index (κ3) is 3.13. The SMILES string of the molecule is Cc1ccc(C(=C(Cl)c2ccccc2)c2ccccc2)cc1. The number of rotatable bonds is 3. The Balaban J connectivity index is 2.21. The van der Waals surface area contributed by atoms with Crippen LogP contribution >= 0.6 is 11.6 Å². The zero-order valence-corrected chi connectivity index (χ0v) is 13.2. The molecule has 108 valence electrons. The second kappa shape index (κ2) is 6.64. The average molecular weight is 305 g/mol. The van der Waals surface area contributed by atoms with Gasteiger partial charge in [0.05, 0.1) is 5.03 Å². The molecule has 0 spiro atoms. The molecule has 3 aromatic carbocycles. The number of benzene rings is 3. The molecule has 22 heavy (non-hydrogen) atoms. The molecule has 0 unspecified atom stereocenters. The van der Waals surface area contributed by atoms with E-state index in [-0.39, 0.29) is 0 Å². The molecule has 0 amide bonds. The molecular formula is C21H17Cl. The van der Waals surface area contributed by atoms with Gasteiger partial charge in [0.25, 0.3) is 0 Å². The molecule has 0 aliphatic heterocycles. The van der Waals surface area contributed by atoms with Crippen LogP contribution in [0.1, 0.15) is 22.3 Å². The molecule has 0 N–H and O–H groups in total. The van der Waals surface area contributed by atoms with Crippen LogP contribution < -0.4 is 0 Å². The molecule has 1 heteroatoms. The second-order valence-electron chi connectivity index (χ2n) is 5.29. The van der Waals surface area contributed by atoms with Crippen LogP contribution in [0.5, 0.6) is 0 Å². The molecule has 0 aliphatic carbocycles. The van der Waals surface area contributed by atoms with Gasteiger partial charge in [-0.05, 0) is 23.6 Å². The zero-order valence-electron chi connectivity index (χ0n) is 12.5. The first kappa shape index (κ1) is 14.6. The van der Waals surface area contributed by atoms with E-state index in [2.05, 4.69) is 43.3 Å². The van der Waals surface area contributed by atoms with Gasteiger partial charge in [0.1, 0.15) is 0 Å². The van der Waals surface area contributed by atoms with E-state index < -0.39 is 0 Å². The van der Waals surface area contributed by atoms with Gasteiger partial charge in [-0.1, -0.05) is 102 Å². The van der Waals surface area contributed by atoms with Gasteiger partial charge >= 0.3 is 0 Å². The topological polar surface area (TPSA) is 0 Å². The van der Waals surface area contributed by atoms with Gasteiger partial charge in [0, 0.05) is 5.57 Å². The highest BCUT2D eigenvalue weighted by atomic mass is 35.5. The lowest BCUT2D eigenvalue weighted by Gasteiger charge is -2.12. The first-order valence-corrected chi connectivity index (χ1v) is 7.71. The molecule has 3 rings (SSSR count). The van der Waals surface area contributed by atoms with Crippen LogP contribution in [-0.4, -0.2) is 0 Å². The minimum Gasteiger partial charge on any atom is -0.0830 e. The molecular weight excluding hydrogens is 288 g/mol.